The average molecular weight is 393 g/mol. The van der Waals surface area contributed by atoms with Crippen molar-refractivity contribution in [1.29, 1.82) is 0 Å². The number of aromatic amines is 1. The number of hydrogen-bond acceptors (Lipinski definition) is 6. The van der Waals surface area contributed by atoms with E-state index in [-0.39, 0.29) is 17.3 Å². The molecule has 1 aliphatic rings. The number of carbonyl (C=O) groups is 1. The van der Waals surface area contributed by atoms with Gasteiger partial charge in [0, 0.05) is 29.3 Å². The maximum atomic E-state index is 12.6. The van der Waals surface area contributed by atoms with E-state index in [0.717, 1.165) is 18.4 Å². The van der Waals surface area contributed by atoms with Gasteiger partial charge in [0.25, 0.3) is 11.6 Å². The molecule has 0 radical (unpaired) electrons. The van der Waals surface area contributed by atoms with Gasteiger partial charge in [-0.05, 0) is 37.1 Å². The predicted octanol–water partition coefficient (Wildman–Crippen LogP) is 3.82. The van der Waals surface area contributed by atoms with E-state index in [9.17, 15) is 14.9 Å². The number of ether oxygens (including phenoxy) is 1. The number of anilines is 2. The molecule has 1 aromatic heterocycles. The van der Waals surface area contributed by atoms with Gasteiger partial charge in [-0.3, -0.25) is 20.0 Å². The van der Waals surface area contributed by atoms with Crippen LogP contribution in [0.15, 0.2) is 48.5 Å². The Morgan fingerprint density at radius 1 is 1.24 bits per heavy atom. The molecule has 4 rings (SSSR count). The number of hydrogen-bond donors (Lipinski definition) is 3. The van der Waals surface area contributed by atoms with Gasteiger partial charge in [0.2, 0.25) is 0 Å². The van der Waals surface area contributed by atoms with Crippen molar-refractivity contribution in [3.05, 3.63) is 64.2 Å². The van der Waals surface area contributed by atoms with Gasteiger partial charge in [-0.2, -0.15) is 5.10 Å². The fraction of sp³-hybridized carbons (Fsp3) is 0.200. The Balaban J connectivity index is 1.53. The molecule has 9 nitrogen and oxygen atoms in total. The fourth-order valence-corrected chi connectivity index (χ4v) is 2.97. The summed E-state index contributed by atoms with van der Waals surface area (Å²) in [5, 5.41) is 24.1. The third kappa shape index (κ3) is 4.03. The van der Waals surface area contributed by atoms with Gasteiger partial charge in [0.1, 0.15) is 11.4 Å². The van der Waals surface area contributed by atoms with E-state index in [0.29, 0.717) is 22.9 Å². The zero-order chi connectivity index (χ0) is 20.4. The Morgan fingerprint density at radius 3 is 2.76 bits per heavy atom. The lowest BCUT2D eigenvalue weighted by molar-refractivity contribution is -0.384. The van der Waals surface area contributed by atoms with Crippen molar-refractivity contribution >= 4 is 23.1 Å². The molecular weight excluding hydrogens is 374 g/mol. The minimum atomic E-state index is -0.490. The normalized spacial score (nSPS) is 13.0. The molecular formula is C20H19N5O4. The second-order valence-corrected chi connectivity index (χ2v) is 6.73. The lowest BCUT2D eigenvalue weighted by Gasteiger charge is -2.07. The summed E-state index contributed by atoms with van der Waals surface area (Å²) in [6.45, 7) is 0. The number of nitrogens with zero attached hydrogens (tertiary/aromatic N) is 2. The van der Waals surface area contributed by atoms with E-state index >= 15 is 0 Å². The summed E-state index contributed by atoms with van der Waals surface area (Å²) in [6.07, 6.45) is 1.99. The smallest absolute Gasteiger partial charge is 0.293 e. The molecule has 0 aliphatic heterocycles. The summed E-state index contributed by atoms with van der Waals surface area (Å²) < 4.78 is 5.33. The Bertz CT molecular complexity index is 1070. The summed E-state index contributed by atoms with van der Waals surface area (Å²) in [5.74, 6) is 0.492. The van der Waals surface area contributed by atoms with Crippen molar-refractivity contribution in [3.8, 4) is 17.0 Å². The number of nitrogens with one attached hydrogen (secondary N) is 3. The first-order valence-corrected chi connectivity index (χ1v) is 9.10. The van der Waals surface area contributed by atoms with E-state index in [1.165, 1.54) is 6.07 Å². The molecule has 9 heteroatoms. The van der Waals surface area contributed by atoms with Gasteiger partial charge in [-0.15, -0.1) is 0 Å². The molecule has 1 fully saturated rings. The molecule has 0 spiro atoms. The van der Waals surface area contributed by atoms with Crippen LogP contribution in [-0.4, -0.2) is 34.2 Å². The SMILES string of the molecule is COc1ccccc1-c1cc(NC(=O)c2ccc(NC3CC3)c([N+](=O)[O-])c2)n[nH]1. The van der Waals surface area contributed by atoms with Gasteiger partial charge in [0.15, 0.2) is 5.82 Å². The molecule has 1 amide bonds. The minimum Gasteiger partial charge on any atom is -0.496 e. The van der Waals surface area contributed by atoms with Crippen LogP contribution in [0.3, 0.4) is 0 Å². The van der Waals surface area contributed by atoms with Gasteiger partial charge >= 0.3 is 0 Å². The van der Waals surface area contributed by atoms with Crippen LogP contribution in [-0.2, 0) is 0 Å². The summed E-state index contributed by atoms with van der Waals surface area (Å²) in [5.41, 5.74) is 1.95. The van der Waals surface area contributed by atoms with Gasteiger partial charge in [-0.25, -0.2) is 0 Å². The third-order valence-corrected chi connectivity index (χ3v) is 4.61. The van der Waals surface area contributed by atoms with Crippen molar-refractivity contribution < 1.29 is 14.5 Å². The molecule has 1 aliphatic carbocycles. The van der Waals surface area contributed by atoms with E-state index < -0.39 is 10.8 Å². The highest BCUT2D eigenvalue weighted by Crippen LogP contribution is 2.32. The number of aromatic nitrogens is 2. The topological polar surface area (TPSA) is 122 Å². The Kier molecular flexibility index (Phi) is 4.86. The first-order chi connectivity index (χ1) is 14.0. The van der Waals surface area contributed by atoms with Crippen LogP contribution < -0.4 is 15.4 Å². The van der Waals surface area contributed by atoms with Gasteiger partial charge in [0.05, 0.1) is 17.7 Å². The third-order valence-electron chi connectivity index (χ3n) is 4.61. The van der Waals surface area contributed by atoms with Crippen molar-refractivity contribution in [3.63, 3.8) is 0 Å². The average Bonchev–Trinajstić information content (AvgIpc) is 3.43. The standard InChI is InChI=1S/C20H19N5O4/c1-29-18-5-3-2-4-14(18)16-11-19(24-23-16)22-20(26)12-6-9-15(21-13-7-8-13)17(10-12)25(27)28/h2-6,9-11,13,21H,7-8H2,1H3,(H2,22,23,24,26). The van der Waals surface area contributed by atoms with Gasteiger partial charge in [-0.1, -0.05) is 12.1 Å². The number of para-hydroxylation sites is 1. The number of amides is 1. The van der Waals surface area contributed by atoms with Crippen LogP contribution in [0.1, 0.15) is 23.2 Å². The van der Waals surface area contributed by atoms with Crippen LogP contribution in [0.25, 0.3) is 11.3 Å². The van der Waals surface area contributed by atoms with Gasteiger partial charge < -0.3 is 15.4 Å². The summed E-state index contributed by atoms with van der Waals surface area (Å²) >= 11 is 0. The van der Waals surface area contributed by atoms with E-state index in [4.69, 9.17) is 4.74 Å². The molecule has 0 saturated heterocycles. The number of carbonyl (C=O) groups excluding carboxylic acids is 1. The molecule has 29 heavy (non-hydrogen) atoms. The molecule has 0 unspecified atom stereocenters. The highest BCUT2D eigenvalue weighted by molar-refractivity contribution is 6.04. The fourth-order valence-electron chi connectivity index (χ4n) is 2.97. The molecule has 148 valence electrons. The molecule has 2 aromatic carbocycles. The van der Waals surface area contributed by atoms with Crippen LogP contribution in [0.5, 0.6) is 5.75 Å². The molecule has 3 N–H and O–H groups in total. The van der Waals surface area contributed by atoms with E-state index in [1.807, 2.05) is 24.3 Å². The quantitative estimate of drug-likeness (QED) is 0.414. The monoisotopic (exact) mass is 393 g/mol. The van der Waals surface area contributed by atoms with Crippen LogP contribution in [0, 0.1) is 10.1 Å². The zero-order valence-electron chi connectivity index (χ0n) is 15.6. The Labute approximate surface area is 166 Å². The number of rotatable bonds is 7. The van der Waals surface area contributed by atoms with Crippen LogP contribution >= 0.6 is 0 Å². The summed E-state index contributed by atoms with van der Waals surface area (Å²) in [4.78, 5) is 23.5. The molecule has 1 saturated carbocycles. The number of nitro groups is 1. The number of methoxy groups -OCH3 is 1. The van der Waals surface area contributed by atoms with Crippen molar-refractivity contribution in [1.82, 2.24) is 10.2 Å². The van der Waals surface area contributed by atoms with Crippen LogP contribution in [0.4, 0.5) is 17.2 Å². The Hall–Kier alpha value is -3.88. The zero-order valence-corrected chi connectivity index (χ0v) is 15.6. The number of nitro benzene ring substituents is 1. The summed E-state index contributed by atoms with van der Waals surface area (Å²) in [6, 6.07) is 13.8. The van der Waals surface area contributed by atoms with Crippen molar-refractivity contribution in [2.45, 2.75) is 18.9 Å². The van der Waals surface area contributed by atoms with Crippen molar-refractivity contribution in [2.24, 2.45) is 0 Å². The lowest BCUT2D eigenvalue weighted by Crippen LogP contribution is -2.13. The van der Waals surface area contributed by atoms with E-state index in [2.05, 4.69) is 20.8 Å². The first-order valence-electron chi connectivity index (χ1n) is 9.10. The number of H-pyrrole nitrogens is 1. The Morgan fingerprint density at radius 2 is 2.03 bits per heavy atom. The van der Waals surface area contributed by atoms with E-state index in [1.54, 1.807) is 25.3 Å². The maximum absolute atomic E-state index is 12.6. The number of benzene rings is 2. The lowest BCUT2D eigenvalue weighted by atomic mass is 10.1. The second kappa shape index (κ2) is 7.63. The predicted molar refractivity (Wildman–Crippen MR) is 108 cm³/mol. The molecule has 0 bridgehead atoms. The van der Waals surface area contributed by atoms with Crippen molar-refractivity contribution in [2.75, 3.05) is 17.7 Å². The molecule has 3 aromatic rings. The summed E-state index contributed by atoms with van der Waals surface area (Å²) in [7, 11) is 1.58. The first kappa shape index (κ1) is 18.5. The second-order valence-electron chi connectivity index (χ2n) is 6.73. The maximum Gasteiger partial charge on any atom is 0.293 e. The largest absolute Gasteiger partial charge is 0.496 e. The highest BCUT2D eigenvalue weighted by atomic mass is 16.6. The molecule has 1 heterocycles. The highest BCUT2D eigenvalue weighted by Gasteiger charge is 2.25. The molecule has 0 atom stereocenters. The minimum absolute atomic E-state index is 0.124. The van der Waals surface area contributed by atoms with Crippen LogP contribution in [0.2, 0.25) is 0 Å².